The second-order valence-corrected chi connectivity index (χ2v) is 5.88. The van der Waals surface area contributed by atoms with Crippen molar-refractivity contribution in [2.75, 3.05) is 13.1 Å². The summed E-state index contributed by atoms with van der Waals surface area (Å²) in [5, 5.41) is 0. The molecule has 2 atom stereocenters. The van der Waals surface area contributed by atoms with E-state index in [-0.39, 0.29) is 6.54 Å². The van der Waals surface area contributed by atoms with Crippen LogP contribution in [0.2, 0.25) is 0 Å². The van der Waals surface area contributed by atoms with Gasteiger partial charge in [0.15, 0.2) is 0 Å². The first-order chi connectivity index (χ1) is 7.87. The molecule has 0 saturated carbocycles. The van der Waals surface area contributed by atoms with Crippen molar-refractivity contribution in [1.82, 2.24) is 4.90 Å². The molecular weight excluding hydrogens is 249 g/mol. The van der Waals surface area contributed by atoms with Crippen molar-refractivity contribution in [3.05, 3.63) is 0 Å². The van der Waals surface area contributed by atoms with Gasteiger partial charge in [-0.25, -0.2) is 4.79 Å². The lowest BCUT2D eigenvalue weighted by Gasteiger charge is -2.30. The molecule has 106 valence electrons. The smallest absolute Gasteiger partial charge is 0.410 e. The van der Waals surface area contributed by atoms with Gasteiger partial charge in [0.2, 0.25) is 0 Å². The van der Waals surface area contributed by atoms with Gasteiger partial charge in [-0.05, 0) is 27.7 Å². The maximum Gasteiger partial charge on any atom is 0.410 e. The maximum absolute atomic E-state index is 12.9. The topological polar surface area (TPSA) is 55.6 Å². The van der Waals surface area contributed by atoms with Crippen molar-refractivity contribution in [1.29, 1.82) is 0 Å². The largest absolute Gasteiger partial charge is 0.444 e. The number of nitrogens with two attached hydrogens (primary N) is 1. The second-order valence-electron chi connectivity index (χ2n) is 5.88. The zero-order valence-corrected chi connectivity index (χ0v) is 11.0. The first-order valence-electron chi connectivity index (χ1n) is 5.67. The number of carbonyl (C=O) groups excluding carboxylic acids is 1. The normalized spacial score (nSPS) is 29.6. The average Bonchev–Trinajstić information content (AvgIpc) is 2.40. The Labute approximate surface area is 104 Å². The van der Waals surface area contributed by atoms with Crippen molar-refractivity contribution >= 4 is 6.09 Å². The Morgan fingerprint density at radius 3 is 2.22 bits per heavy atom. The number of amides is 1. The molecule has 0 unspecified atom stereocenters. The minimum absolute atomic E-state index is 0.148. The van der Waals surface area contributed by atoms with E-state index in [4.69, 9.17) is 10.5 Å². The molecular formula is C11H19F3N2O2. The molecule has 1 aliphatic heterocycles. The molecule has 0 aromatic carbocycles. The van der Waals surface area contributed by atoms with Crippen LogP contribution in [-0.4, -0.2) is 41.9 Å². The van der Waals surface area contributed by atoms with Crippen molar-refractivity contribution in [2.24, 2.45) is 11.1 Å². The highest BCUT2D eigenvalue weighted by atomic mass is 19.4. The number of rotatable bonds is 0. The lowest BCUT2D eigenvalue weighted by molar-refractivity contribution is -0.216. The molecule has 1 rings (SSSR count). The van der Waals surface area contributed by atoms with E-state index < -0.39 is 35.9 Å². The quantitative estimate of drug-likeness (QED) is 0.732. The van der Waals surface area contributed by atoms with E-state index in [1.165, 1.54) is 0 Å². The van der Waals surface area contributed by atoms with Crippen LogP contribution in [0.3, 0.4) is 0 Å². The van der Waals surface area contributed by atoms with Crippen LogP contribution < -0.4 is 5.73 Å². The summed E-state index contributed by atoms with van der Waals surface area (Å²) in [4.78, 5) is 12.7. The highest BCUT2D eigenvalue weighted by molar-refractivity contribution is 5.68. The van der Waals surface area contributed by atoms with Crippen molar-refractivity contribution in [2.45, 2.75) is 45.5 Å². The average molecular weight is 268 g/mol. The number of carbonyl (C=O) groups is 1. The molecule has 2 N–H and O–H groups in total. The standard InChI is InChI=1S/C11H19F3N2O2/c1-9(2,3)18-8(17)16-5-7(15)10(4,6-16)11(12,13)14/h7H,5-6,15H2,1-4H3/t7-,10-/m0/s1. The van der Waals surface area contributed by atoms with Gasteiger partial charge >= 0.3 is 12.3 Å². The van der Waals surface area contributed by atoms with Gasteiger partial charge in [-0.15, -0.1) is 0 Å². The number of likely N-dealkylation sites (tertiary alicyclic amines) is 1. The van der Waals surface area contributed by atoms with Crippen molar-refractivity contribution in [3.63, 3.8) is 0 Å². The van der Waals surface area contributed by atoms with Gasteiger partial charge in [0.05, 0.1) is 5.41 Å². The molecule has 1 aliphatic rings. The Hall–Kier alpha value is -0.980. The number of halogens is 3. The Morgan fingerprint density at radius 2 is 1.89 bits per heavy atom. The highest BCUT2D eigenvalue weighted by Crippen LogP contribution is 2.44. The Balaban J connectivity index is 2.79. The van der Waals surface area contributed by atoms with E-state index in [2.05, 4.69) is 0 Å². The van der Waals surface area contributed by atoms with Gasteiger partial charge < -0.3 is 15.4 Å². The summed E-state index contributed by atoms with van der Waals surface area (Å²) >= 11 is 0. The predicted molar refractivity (Wildman–Crippen MR) is 59.9 cm³/mol. The fourth-order valence-corrected chi connectivity index (χ4v) is 1.78. The van der Waals surface area contributed by atoms with Gasteiger partial charge in [0, 0.05) is 19.1 Å². The summed E-state index contributed by atoms with van der Waals surface area (Å²) in [6, 6.07) is -1.13. The van der Waals surface area contributed by atoms with Crippen LogP contribution in [0.15, 0.2) is 0 Å². The van der Waals surface area contributed by atoms with Gasteiger partial charge in [-0.2, -0.15) is 13.2 Å². The van der Waals surface area contributed by atoms with Gasteiger partial charge in [-0.1, -0.05) is 0 Å². The molecule has 0 aromatic heterocycles. The molecule has 0 aliphatic carbocycles. The Morgan fingerprint density at radius 1 is 1.39 bits per heavy atom. The van der Waals surface area contributed by atoms with Gasteiger partial charge in [-0.3, -0.25) is 0 Å². The third-order valence-corrected chi connectivity index (χ3v) is 3.05. The number of nitrogens with zero attached hydrogens (tertiary/aromatic N) is 1. The molecule has 4 nitrogen and oxygen atoms in total. The number of hydrogen-bond acceptors (Lipinski definition) is 3. The minimum atomic E-state index is -4.44. The fraction of sp³-hybridized carbons (Fsp3) is 0.909. The monoisotopic (exact) mass is 268 g/mol. The lowest BCUT2D eigenvalue weighted by atomic mass is 9.85. The van der Waals surface area contributed by atoms with Crippen LogP contribution in [0.25, 0.3) is 0 Å². The van der Waals surface area contributed by atoms with Crippen LogP contribution in [0.5, 0.6) is 0 Å². The second kappa shape index (κ2) is 4.29. The molecule has 7 heteroatoms. The highest BCUT2D eigenvalue weighted by Gasteiger charge is 2.60. The van der Waals surface area contributed by atoms with Crippen LogP contribution in [0, 0.1) is 5.41 Å². The molecule has 0 aromatic rings. The Kier molecular flexibility index (Phi) is 3.60. The van der Waals surface area contributed by atoms with Crippen LogP contribution in [-0.2, 0) is 4.74 Å². The number of alkyl halides is 3. The van der Waals surface area contributed by atoms with Crippen molar-refractivity contribution in [3.8, 4) is 0 Å². The Bertz CT molecular complexity index is 338. The first kappa shape index (κ1) is 15.1. The van der Waals surface area contributed by atoms with E-state index in [0.29, 0.717) is 0 Å². The molecule has 0 bridgehead atoms. The zero-order chi connectivity index (χ0) is 14.4. The fourth-order valence-electron chi connectivity index (χ4n) is 1.78. The first-order valence-corrected chi connectivity index (χ1v) is 5.67. The number of ether oxygens (including phenoxy) is 1. The van der Waals surface area contributed by atoms with Crippen LogP contribution >= 0.6 is 0 Å². The number of hydrogen-bond donors (Lipinski definition) is 1. The molecule has 0 spiro atoms. The van der Waals surface area contributed by atoms with E-state index in [1.807, 2.05) is 0 Å². The van der Waals surface area contributed by atoms with E-state index in [0.717, 1.165) is 11.8 Å². The van der Waals surface area contributed by atoms with Crippen molar-refractivity contribution < 1.29 is 22.7 Å². The van der Waals surface area contributed by atoms with Crippen LogP contribution in [0.4, 0.5) is 18.0 Å². The molecule has 1 amide bonds. The summed E-state index contributed by atoms with van der Waals surface area (Å²) in [7, 11) is 0. The van der Waals surface area contributed by atoms with Gasteiger partial charge in [0.1, 0.15) is 5.60 Å². The predicted octanol–water partition coefficient (Wildman–Crippen LogP) is 2.13. The molecule has 1 saturated heterocycles. The molecule has 1 heterocycles. The van der Waals surface area contributed by atoms with E-state index in [9.17, 15) is 18.0 Å². The summed E-state index contributed by atoms with van der Waals surface area (Å²) < 4.78 is 43.8. The van der Waals surface area contributed by atoms with E-state index in [1.54, 1.807) is 20.8 Å². The SMILES string of the molecule is CC(C)(C)OC(=O)N1C[C@H](N)[C@@](C)(C(F)(F)F)C1. The summed E-state index contributed by atoms with van der Waals surface area (Å²) in [5.74, 6) is 0. The molecule has 0 radical (unpaired) electrons. The summed E-state index contributed by atoms with van der Waals surface area (Å²) in [5.41, 5.74) is 2.70. The maximum atomic E-state index is 12.9. The van der Waals surface area contributed by atoms with Crippen LogP contribution in [0.1, 0.15) is 27.7 Å². The van der Waals surface area contributed by atoms with E-state index >= 15 is 0 Å². The lowest BCUT2D eigenvalue weighted by Crippen LogP contribution is -2.49. The molecule has 18 heavy (non-hydrogen) atoms. The third kappa shape index (κ3) is 2.88. The summed E-state index contributed by atoms with van der Waals surface area (Å²) in [6.45, 7) is 5.39. The van der Waals surface area contributed by atoms with Gasteiger partial charge in [0.25, 0.3) is 0 Å². The zero-order valence-electron chi connectivity index (χ0n) is 11.0. The molecule has 1 fully saturated rings. The third-order valence-electron chi connectivity index (χ3n) is 3.05. The summed E-state index contributed by atoms with van der Waals surface area (Å²) in [6.07, 6.45) is -5.20. The minimum Gasteiger partial charge on any atom is -0.444 e.